The Morgan fingerprint density at radius 2 is 1.90 bits per heavy atom. The highest BCUT2D eigenvalue weighted by Gasteiger charge is 2.30. The molecule has 3 fully saturated rings. The Morgan fingerprint density at radius 3 is 2.59 bits per heavy atom. The number of anilines is 3. The number of hydrogen-bond donors (Lipinski definition) is 2. The van der Waals surface area contributed by atoms with Crippen molar-refractivity contribution in [2.75, 3.05) is 49.6 Å². The number of nitrogens with zero attached hydrogens (tertiary/aromatic N) is 5. The van der Waals surface area contributed by atoms with Crippen molar-refractivity contribution >= 4 is 17.5 Å². The number of halogens is 1. The van der Waals surface area contributed by atoms with Gasteiger partial charge >= 0.3 is 0 Å². The van der Waals surface area contributed by atoms with Gasteiger partial charge in [0, 0.05) is 43.9 Å². The number of rotatable bonds is 5. The normalized spacial score (nSPS) is 21.5. The van der Waals surface area contributed by atoms with Gasteiger partial charge in [-0.15, -0.1) is 0 Å². The van der Waals surface area contributed by atoms with E-state index in [0.29, 0.717) is 29.4 Å². The lowest BCUT2D eigenvalue weighted by Crippen LogP contribution is -2.56. The Balaban J connectivity index is 1.30. The lowest BCUT2D eigenvalue weighted by molar-refractivity contribution is -0.0661. The Labute approximate surface area is 169 Å². The number of piperazine rings is 1. The molecule has 156 valence electrons. The highest BCUT2D eigenvalue weighted by Crippen LogP contribution is 2.34. The number of H-pyrrole nitrogens is 1. The monoisotopic (exact) mass is 401 g/mol. The number of hydrogen-bond acceptors (Lipinski definition) is 7. The summed E-state index contributed by atoms with van der Waals surface area (Å²) in [5, 5.41) is 10.5. The van der Waals surface area contributed by atoms with Crippen molar-refractivity contribution in [3.8, 4) is 0 Å². The summed E-state index contributed by atoms with van der Waals surface area (Å²) in [5.41, 5.74) is 1.12. The first-order valence-corrected chi connectivity index (χ1v) is 10.6. The molecule has 29 heavy (non-hydrogen) atoms. The van der Waals surface area contributed by atoms with Crippen LogP contribution in [0.2, 0.25) is 0 Å². The minimum atomic E-state index is -0.415. The molecule has 2 aromatic rings. The van der Waals surface area contributed by atoms with Crippen LogP contribution in [-0.2, 0) is 4.74 Å². The van der Waals surface area contributed by atoms with Crippen LogP contribution in [0.1, 0.15) is 43.1 Å². The van der Waals surface area contributed by atoms with Crippen LogP contribution in [0.5, 0.6) is 0 Å². The van der Waals surface area contributed by atoms with Crippen LogP contribution in [0.3, 0.4) is 0 Å². The van der Waals surface area contributed by atoms with Gasteiger partial charge in [0.05, 0.1) is 19.3 Å². The lowest BCUT2D eigenvalue weighted by Gasteiger charge is -2.42. The molecule has 0 unspecified atom stereocenters. The van der Waals surface area contributed by atoms with E-state index in [9.17, 15) is 0 Å². The molecular formula is C20H28FN7O. The first-order valence-electron chi connectivity index (χ1n) is 10.6. The van der Waals surface area contributed by atoms with E-state index in [1.165, 1.54) is 25.7 Å². The number of aromatic amines is 1. The predicted molar refractivity (Wildman–Crippen MR) is 108 cm³/mol. The van der Waals surface area contributed by atoms with Gasteiger partial charge in [-0.25, -0.2) is 9.97 Å². The van der Waals surface area contributed by atoms with Gasteiger partial charge in [-0.1, -0.05) is 12.8 Å². The van der Waals surface area contributed by atoms with Crippen LogP contribution in [0.4, 0.5) is 21.8 Å². The predicted octanol–water partition coefficient (Wildman–Crippen LogP) is 2.57. The number of aromatic nitrogens is 4. The third-order valence-corrected chi connectivity index (χ3v) is 6.34. The zero-order chi connectivity index (χ0) is 19.8. The Kier molecular flexibility index (Phi) is 5.09. The van der Waals surface area contributed by atoms with E-state index >= 15 is 4.39 Å². The van der Waals surface area contributed by atoms with Crippen LogP contribution < -0.4 is 10.2 Å². The van der Waals surface area contributed by atoms with Gasteiger partial charge in [0.2, 0.25) is 5.82 Å². The molecule has 0 atom stereocenters. The van der Waals surface area contributed by atoms with Crippen molar-refractivity contribution in [3.63, 3.8) is 0 Å². The minimum Gasteiger partial charge on any atom is -0.378 e. The van der Waals surface area contributed by atoms with E-state index in [2.05, 4.69) is 30.4 Å². The molecule has 0 radical (unpaired) electrons. The molecule has 2 saturated heterocycles. The Morgan fingerprint density at radius 1 is 1.14 bits per heavy atom. The van der Waals surface area contributed by atoms with Crippen molar-refractivity contribution in [2.24, 2.45) is 0 Å². The summed E-state index contributed by atoms with van der Waals surface area (Å²) >= 11 is 0. The van der Waals surface area contributed by atoms with Crippen LogP contribution in [0, 0.1) is 12.7 Å². The van der Waals surface area contributed by atoms with Crippen molar-refractivity contribution in [2.45, 2.75) is 44.6 Å². The Hall–Kier alpha value is -2.26. The molecule has 4 heterocycles. The van der Waals surface area contributed by atoms with Crippen LogP contribution >= 0.6 is 0 Å². The summed E-state index contributed by atoms with van der Waals surface area (Å²) < 4.78 is 20.6. The van der Waals surface area contributed by atoms with E-state index < -0.39 is 5.82 Å². The maximum Gasteiger partial charge on any atom is 0.208 e. The first kappa shape index (κ1) is 18.7. The van der Waals surface area contributed by atoms with Crippen LogP contribution in [0.15, 0.2) is 6.07 Å². The maximum absolute atomic E-state index is 15.3. The molecule has 0 bridgehead atoms. The molecule has 5 rings (SSSR count). The minimum absolute atomic E-state index is 0.187. The van der Waals surface area contributed by atoms with Crippen molar-refractivity contribution in [1.29, 1.82) is 0 Å². The molecule has 0 aromatic carbocycles. The summed E-state index contributed by atoms with van der Waals surface area (Å²) in [4.78, 5) is 13.1. The highest BCUT2D eigenvalue weighted by atomic mass is 19.1. The fourth-order valence-electron chi connectivity index (χ4n) is 4.54. The fraction of sp³-hybridized carbons (Fsp3) is 0.650. The smallest absolute Gasteiger partial charge is 0.208 e. The standard InChI is InChI=1S/C20H28FN7O/c1-13-22-19(24-17-10-16(25-26-17)14-4-2-3-5-14)18(21)20(23-13)28-8-6-27(7-9-28)15-11-29-12-15/h10,14-15H,2-9,11-12H2,1H3,(H2,22,23,24,25,26). The average molecular weight is 401 g/mol. The van der Waals surface area contributed by atoms with Crippen molar-refractivity contribution in [3.05, 3.63) is 23.4 Å². The van der Waals surface area contributed by atoms with Gasteiger partial charge in [-0.05, 0) is 19.8 Å². The second kappa shape index (κ2) is 7.87. The molecule has 0 amide bonds. The SMILES string of the molecule is Cc1nc(Nc2cc(C3CCCC3)[nH]n2)c(F)c(N2CCN(C3COC3)CC2)n1. The summed E-state index contributed by atoms with van der Waals surface area (Å²) in [7, 11) is 0. The molecule has 3 aliphatic rings. The molecule has 8 nitrogen and oxygen atoms in total. The quantitative estimate of drug-likeness (QED) is 0.797. The van der Waals surface area contributed by atoms with Gasteiger partial charge < -0.3 is 15.0 Å². The fourth-order valence-corrected chi connectivity index (χ4v) is 4.54. The number of ether oxygens (including phenoxy) is 1. The second-order valence-corrected chi connectivity index (χ2v) is 8.29. The van der Waals surface area contributed by atoms with Crippen LogP contribution in [0.25, 0.3) is 0 Å². The van der Waals surface area contributed by atoms with E-state index in [4.69, 9.17) is 4.74 Å². The summed E-state index contributed by atoms with van der Waals surface area (Å²) in [6.07, 6.45) is 4.89. The van der Waals surface area contributed by atoms with Gasteiger partial charge in [0.1, 0.15) is 5.82 Å². The van der Waals surface area contributed by atoms with E-state index in [-0.39, 0.29) is 5.82 Å². The maximum atomic E-state index is 15.3. The van der Waals surface area contributed by atoms with Crippen LogP contribution in [-0.4, -0.2) is 70.5 Å². The summed E-state index contributed by atoms with van der Waals surface area (Å²) in [5.74, 6) is 1.82. The molecule has 1 aliphatic carbocycles. The average Bonchev–Trinajstić information content (AvgIpc) is 3.35. The Bertz CT molecular complexity index is 855. The molecule has 2 aromatic heterocycles. The third kappa shape index (κ3) is 3.81. The molecule has 1 saturated carbocycles. The molecule has 2 N–H and O–H groups in total. The van der Waals surface area contributed by atoms with E-state index in [1.807, 2.05) is 11.0 Å². The lowest BCUT2D eigenvalue weighted by atomic mass is 10.0. The van der Waals surface area contributed by atoms with Crippen molar-refractivity contribution < 1.29 is 9.13 Å². The van der Waals surface area contributed by atoms with Gasteiger partial charge in [-0.2, -0.15) is 9.49 Å². The summed E-state index contributed by atoms with van der Waals surface area (Å²) in [6, 6.07) is 2.49. The number of nitrogens with one attached hydrogen (secondary N) is 2. The molecule has 2 aliphatic heterocycles. The zero-order valence-corrected chi connectivity index (χ0v) is 16.8. The van der Waals surface area contributed by atoms with E-state index in [1.54, 1.807) is 6.92 Å². The number of aryl methyl sites for hydroxylation is 1. The summed E-state index contributed by atoms with van der Waals surface area (Å²) in [6.45, 7) is 6.69. The topological polar surface area (TPSA) is 82.2 Å². The van der Waals surface area contributed by atoms with Crippen molar-refractivity contribution in [1.82, 2.24) is 25.1 Å². The largest absolute Gasteiger partial charge is 0.378 e. The van der Waals surface area contributed by atoms with Gasteiger partial charge in [-0.3, -0.25) is 10.00 Å². The molecular weight excluding hydrogens is 373 g/mol. The van der Waals surface area contributed by atoms with Gasteiger partial charge in [0.15, 0.2) is 17.5 Å². The highest BCUT2D eigenvalue weighted by molar-refractivity contribution is 5.59. The first-order chi connectivity index (χ1) is 14.2. The van der Waals surface area contributed by atoms with E-state index in [0.717, 1.165) is 45.1 Å². The molecule has 9 heteroatoms. The molecule has 0 spiro atoms. The third-order valence-electron chi connectivity index (χ3n) is 6.34. The zero-order valence-electron chi connectivity index (χ0n) is 16.8. The van der Waals surface area contributed by atoms with Gasteiger partial charge in [0.25, 0.3) is 0 Å². The second-order valence-electron chi connectivity index (χ2n) is 8.29.